The lowest BCUT2D eigenvalue weighted by atomic mass is 9.85. The number of nitrogens with zero attached hydrogens (tertiary/aromatic N) is 1. The Morgan fingerprint density at radius 1 is 1.19 bits per heavy atom. The van der Waals surface area contributed by atoms with Crippen molar-refractivity contribution in [1.29, 1.82) is 0 Å². The second kappa shape index (κ2) is 4.01. The lowest BCUT2D eigenvalue weighted by molar-refractivity contribution is 0.593. The Bertz CT molecular complexity index is 543. The van der Waals surface area contributed by atoms with E-state index in [9.17, 15) is 0 Å². The van der Waals surface area contributed by atoms with Crippen LogP contribution in [0.25, 0.3) is 10.8 Å². The number of pyridine rings is 1. The van der Waals surface area contributed by atoms with Crippen LogP contribution in [0.4, 0.5) is 0 Å². The molecule has 0 amide bonds. The molecule has 0 N–H and O–H groups in total. The highest BCUT2D eigenvalue weighted by Crippen LogP contribution is 2.33. The fraction of sp³-hybridized carbons (Fsp3) is 0.308. The van der Waals surface area contributed by atoms with Crippen molar-refractivity contribution in [3.63, 3.8) is 0 Å². The maximum absolute atomic E-state index is 6.11. The van der Waals surface area contributed by atoms with Gasteiger partial charge < -0.3 is 0 Å². The summed E-state index contributed by atoms with van der Waals surface area (Å²) < 4.78 is 1.06. The normalized spacial score (nSPS) is 12.1. The minimum Gasteiger partial charge on any atom is -0.244 e. The third-order valence-electron chi connectivity index (χ3n) is 2.61. The fourth-order valence-corrected chi connectivity index (χ4v) is 2.35. The lowest BCUT2D eigenvalue weighted by Gasteiger charge is -2.21. The predicted molar refractivity (Wildman–Crippen MR) is 73.2 cm³/mol. The number of aromatic nitrogens is 1. The third-order valence-corrected chi connectivity index (χ3v) is 3.40. The smallest absolute Gasteiger partial charge is 0.136 e. The fourth-order valence-electron chi connectivity index (χ4n) is 1.78. The molecule has 0 fully saturated rings. The summed E-state index contributed by atoms with van der Waals surface area (Å²) in [6.45, 7) is 6.54. The summed E-state index contributed by atoms with van der Waals surface area (Å²) in [4.78, 5) is 4.25. The van der Waals surface area contributed by atoms with Crippen molar-refractivity contribution in [3.8, 4) is 0 Å². The Kier molecular flexibility index (Phi) is 2.97. The minimum absolute atomic E-state index is 0.0661. The second-order valence-electron chi connectivity index (χ2n) is 4.90. The molecule has 3 heteroatoms. The highest BCUT2D eigenvalue weighted by Gasteiger charge is 2.18. The van der Waals surface area contributed by atoms with E-state index in [1.54, 1.807) is 0 Å². The first-order chi connectivity index (χ1) is 7.39. The molecule has 1 heterocycles. The van der Waals surface area contributed by atoms with Crippen LogP contribution in [0.15, 0.2) is 28.9 Å². The summed E-state index contributed by atoms with van der Waals surface area (Å²) in [6.07, 6.45) is 1.87. The zero-order valence-corrected chi connectivity index (χ0v) is 11.9. The maximum atomic E-state index is 6.11. The summed E-state index contributed by atoms with van der Waals surface area (Å²) in [7, 11) is 0. The molecule has 0 aliphatic rings. The summed E-state index contributed by atoms with van der Waals surface area (Å²) in [5, 5.41) is 2.75. The zero-order chi connectivity index (χ0) is 11.9. The number of hydrogen-bond acceptors (Lipinski definition) is 1. The quantitative estimate of drug-likeness (QED) is 0.627. The number of halogens is 2. The van der Waals surface area contributed by atoms with Gasteiger partial charge in [0, 0.05) is 16.1 Å². The Labute approximate surface area is 109 Å². The van der Waals surface area contributed by atoms with E-state index in [1.807, 2.05) is 18.3 Å². The van der Waals surface area contributed by atoms with E-state index >= 15 is 0 Å². The van der Waals surface area contributed by atoms with Gasteiger partial charge in [-0.2, -0.15) is 0 Å². The molecule has 2 rings (SSSR count). The summed E-state index contributed by atoms with van der Waals surface area (Å²) in [5.74, 6) is 0. The Morgan fingerprint density at radius 3 is 2.50 bits per heavy atom. The van der Waals surface area contributed by atoms with Crippen molar-refractivity contribution >= 4 is 38.3 Å². The first-order valence-electron chi connectivity index (χ1n) is 5.14. The van der Waals surface area contributed by atoms with Gasteiger partial charge in [0.2, 0.25) is 0 Å². The van der Waals surface area contributed by atoms with Crippen molar-refractivity contribution < 1.29 is 0 Å². The van der Waals surface area contributed by atoms with E-state index in [4.69, 9.17) is 11.6 Å². The predicted octanol–water partition coefficient (Wildman–Crippen LogP) is 4.95. The van der Waals surface area contributed by atoms with E-state index in [2.05, 4.69) is 47.8 Å². The van der Waals surface area contributed by atoms with Gasteiger partial charge in [-0.25, -0.2) is 4.98 Å². The number of fused-ring (bicyclic) bond motifs is 1. The molecular formula is C13H13BrClN. The maximum Gasteiger partial charge on any atom is 0.136 e. The molecular weight excluding hydrogens is 286 g/mol. The van der Waals surface area contributed by atoms with Crippen LogP contribution in [0, 0.1) is 0 Å². The highest BCUT2D eigenvalue weighted by molar-refractivity contribution is 9.10. The molecule has 1 aromatic heterocycles. The topological polar surface area (TPSA) is 12.9 Å². The van der Waals surface area contributed by atoms with E-state index in [0.29, 0.717) is 5.15 Å². The standard InChI is InChI=1S/C13H13BrClN/c1-13(2,3)11-7-16-12(15)9-5-4-8(14)6-10(9)11/h4-7H,1-3H3. The molecule has 1 nitrogen and oxygen atoms in total. The molecule has 0 spiro atoms. The molecule has 0 saturated heterocycles. The molecule has 16 heavy (non-hydrogen) atoms. The van der Waals surface area contributed by atoms with Crippen molar-refractivity contribution in [3.05, 3.63) is 39.6 Å². The van der Waals surface area contributed by atoms with E-state index in [1.165, 1.54) is 10.9 Å². The molecule has 0 radical (unpaired) electrons. The number of rotatable bonds is 0. The second-order valence-corrected chi connectivity index (χ2v) is 6.18. The van der Waals surface area contributed by atoms with Crippen LogP contribution in [-0.4, -0.2) is 4.98 Å². The van der Waals surface area contributed by atoms with Gasteiger partial charge in [0.1, 0.15) is 5.15 Å². The first-order valence-corrected chi connectivity index (χ1v) is 6.31. The summed E-state index contributed by atoms with van der Waals surface area (Å²) in [5.41, 5.74) is 1.28. The van der Waals surface area contributed by atoms with Crippen LogP contribution in [0.5, 0.6) is 0 Å². The van der Waals surface area contributed by atoms with Crippen molar-refractivity contribution in [1.82, 2.24) is 4.98 Å². The van der Waals surface area contributed by atoms with Crippen molar-refractivity contribution in [2.45, 2.75) is 26.2 Å². The number of hydrogen-bond donors (Lipinski definition) is 0. The molecule has 0 bridgehead atoms. The molecule has 2 aromatic rings. The van der Waals surface area contributed by atoms with Gasteiger partial charge in [-0.15, -0.1) is 0 Å². The van der Waals surface area contributed by atoms with Crippen LogP contribution >= 0.6 is 27.5 Å². The zero-order valence-electron chi connectivity index (χ0n) is 9.51. The Hall–Kier alpha value is -0.600. The first kappa shape index (κ1) is 11.9. The highest BCUT2D eigenvalue weighted by atomic mass is 79.9. The Balaban J connectivity index is 2.86. The van der Waals surface area contributed by atoms with Crippen LogP contribution in [0.2, 0.25) is 5.15 Å². The molecule has 0 aliphatic heterocycles. The lowest BCUT2D eigenvalue weighted by Crippen LogP contribution is -2.12. The van der Waals surface area contributed by atoms with Crippen molar-refractivity contribution in [2.75, 3.05) is 0 Å². The van der Waals surface area contributed by atoms with E-state index in [-0.39, 0.29) is 5.41 Å². The molecule has 0 aliphatic carbocycles. The van der Waals surface area contributed by atoms with Crippen LogP contribution < -0.4 is 0 Å². The molecule has 0 atom stereocenters. The molecule has 1 aromatic carbocycles. The summed E-state index contributed by atoms with van der Waals surface area (Å²) in [6, 6.07) is 6.09. The van der Waals surface area contributed by atoms with Gasteiger partial charge in [0.05, 0.1) is 0 Å². The van der Waals surface area contributed by atoms with E-state index < -0.39 is 0 Å². The molecule has 84 valence electrons. The third kappa shape index (κ3) is 2.09. The van der Waals surface area contributed by atoms with Crippen LogP contribution in [-0.2, 0) is 5.41 Å². The number of benzene rings is 1. The van der Waals surface area contributed by atoms with Crippen LogP contribution in [0.1, 0.15) is 26.3 Å². The van der Waals surface area contributed by atoms with Crippen molar-refractivity contribution in [2.24, 2.45) is 0 Å². The van der Waals surface area contributed by atoms with Gasteiger partial charge in [0.15, 0.2) is 0 Å². The van der Waals surface area contributed by atoms with Gasteiger partial charge in [-0.05, 0) is 28.5 Å². The average molecular weight is 299 g/mol. The van der Waals surface area contributed by atoms with Crippen LogP contribution in [0.3, 0.4) is 0 Å². The van der Waals surface area contributed by atoms with Gasteiger partial charge in [-0.3, -0.25) is 0 Å². The van der Waals surface area contributed by atoms with E-state index in [0.717, 1.165) is 9.86 Å². The minimum atomic E-state index is 0.0661. The largest absolute Gasteiger partial charge is 0.244 e. The van der Waals surface area contributed by atoms with Gasteiger partial charge in [-0.1, -0.05) is 54.4 Å². The average Bonchev–Trinajstić information content (AvgIpc) is 2.15. The molecule has 0 saturated carbocycles. The molecule has 0 unspecified atom stereocenters. The van der Waals surface area contributed by atoms with Gasteiger partial charge >= 0.3 is 0 Å². The summed E-state index contributed by atoms with van der Waals surface area (Å²) >= 11 is 9.60. The SMILES string of the molecule is CC(C)(C)c1cnc(Cl)c2ccc(Br)cc12. The Morgan fingerprint density at radius 2 is 1.88 bits per heavy atom. The monoisotopic (exact) mass is 297 g/mol. The van der Waals surface area contributed by atoms with Gasteiger partial charge in [0.25, 0.3) is 0 Å².